The Balaban J connectivity index is 1.69. The van der Waals surface area contributed by atoms with Gasteiger partial charge in [-0.2, -0.15) is 0 Å². The Hall–Kier alpha value is -2.01. The Labute approximate surface area is 179 Å². The number of hydrogen-bond acceptors (Lipinski definition) is 3. The summed E-state index contributed by atoms with van der Waals surface area (Å²) >= 11 is 9.88. The van der Waals surface area contributed by atoms with Gasteiger partial charge in [0, 0.05) is 28.1 Å². The zero-order valence-electron chi connectivity index (χ0n) is 15.8. The van der Waals surface area contributed by atoms with Crippen molar-refractivity contribution in [2.24, 2.45) is 0 Å². The molecule has 0 spiro atoms. The monoisotopic (exact) mass is 459 g/mol. The van der Waals surface area contributed by atoms with Gasteiger partial charge in [-0.15, -0.1) is 0 Å². The number of rotatable bonds is 9. The molecule has 0 heterocycles. The second-order valence-corrected chi connectivity index (χ2v) is 7.55. The van der Waals surface area contributed by atoms with E-state index < -0.39 is 0 Å². The molecule has 0 unspecified atom stereocenters. The summed E-state index contributed by atoms with van der Waals surface area (Å²) in [5.41, 5.74) is 3.31. The standard InChI is InChI=1S/C23H23BrClNO2/c1-2-27-22-12-19(15-26-14-17-8-4-3-5-9-17)20(24)13-23(22)28-16-18-10-6-7-11-21(18)25/h3-13,26H,2,14-16H2,1H3. The number of nitrogens with one attached hydrogen (secondary N) is 1. The Kier molecular flexibility index (Phi) is 7.78. The lowest BCUT2D eigenvalue weighted by Gasteiger charge is -2.16. The lowest BCUT2D eigenvalue weighted by atomic mass is 10.1. The van der Waals surface area contributed by atoms with Crippen LogP contribution in [-0.4, -0.2) is 6.61 Å². The van der Waals surface area contributed by atoms with Gasteiger partial charge in [-0.3, -0.25) is 0 Å². The van der Waals surface area contributed by atoms with E-state index in [4.69, 9.17) is 21.1 Å². The molecule has 0 saturated carbocycles. The van der Waals surface area contributed by atoms with Crippen molar-refractivity contribution in [2.45, 2.75) is 26.6 Å². The molecule has 0 atom stereocenters. The Morgan fingerprint density at radius 1 is 0.857 bits per heavy atom. The van der Waals surface area contributed by atoms with E-state index in [1.165, 1.54) is 5.56 Å². The van der Waals surface area contributed by atoms with Gasteiger partial charge >= 0.3 is 0 Å². The third-order valence-corrected chi connectivity index (χ3v) is 5.35. The van der Waals surface area contributed by atoms with Crippen LogP contribution in [0, 0.1) is 0 Å². The summed E-state index contributed by atoms with van der Waals surface area (Å²) in [6, 6.07) is 22.0. The van der Waals surface area contributed by atoms with Gasteiger partial charge in [0.05, 0.1) is 6.61 Å². The molecule has 1 N–H and O–H groups in total. The molecule has 0 aliphatic heterocycles. The van der Waals surface area contributed by atoms with Gasteiger partial charge in [-0.1, -0.05) is 76.1 Å². The van der Waals surface area contributed by atoms with Crippen LogP contribution in [0.1, 0.15) is 23.6 Å². The molecule has 146 valence electrons. The van der Waals surface area contributed by atoms with Crippen LogP contribution < -0.4 is 14.8 Å². The van der Waals surface area contributed by atoms with Crippen molar-refractivity contribution in [1.82, 2.24) is 5.32 Å². The molecule has 3 rings (SSSR count). The Morgan fingerprint density at radius 3 is 2.32 bits per heavy atom. The molecule has 0 saturated heterocycles. The summed E-state index contributed by atoms with van der Waals surface area (Å²) < 4.78 is 12.8. The predicted octanol–water partition coefficient (Wildman–Crippen LogP) is 6.37. The summed E-state index contributed by atoms with van der Waals surface area (Å²) in [6.45, 7) is 4.45. The van der Waals surface area contributed by atoms with Crippen molar-refractivity contribution < 1.29 is 9.47 Å². The fraction of sp³-hybridized carbons (Fsp3) is 0.217. The molecule has 0 bridgehead atoms. The van der Waals surface area contributed by atoms with Crippen LogP contribution in [0.15, 0.2) is 71.2 Å². The van der Waals surface area contributed by atoms with Gasteiger partial charge in [-0.25, -0.2) is 0 Å². The first-order valence-corrected chi connectivity index (χ1v) is 10.4. The van der Waals surface area contributed by atoms with Crippen LogP contribution in [0.5, 0.6) is 11.5 Å². The maximum absolute atomic E-state index is 6.23. The first kappa shape index (κ1) is 20.7. The molecule has 0 amide bonds. The fourth-order valence-electron chi connectivity index (χ4n) is 2.80. The van der Waals surface area contributed by atoms with E-state index >= 15 is 0 Å². The molecule has 0 radical (unpaired) electrons. The average Bonchev–Trinajstić information content (AvgIpc) is 2.71. The summed E-state index contributed by atoms with van der Waals surface area (Å²) in [4.78, 5) is 0. The summed E-state index contributed by atoms with van der Waals surface area (Å²) in [5.74, 6) is 1.43. The molecule has 28 heavy (non-hydrogen) atoms. The minimum absolute atomic E-state index is 0.387. The second kappa shape index (κ2) is 10.5. The summed E-state index contributed by atoms with van der Waals surface area (Å²) in [5, 5.41) is 4.16. The third kappa shape index (κ3) is 5.74. The van der Waals surface area contributed by atoms with Gasteiger partial charge in [0.1, 0.15) is 6.61 Å². The molecule has 0 aromatic heterocycles. The summed E-state index contributed by atoms with van der Waals surface area (Å²) in [7, 11) is 0. The normalized spacial score (nSPS) is 10.7. The minimum atomic E-state index is 0.387. The van der Waals surface area contributed by atoms with E-state index in [1.54, 1.807) is 0 Å². The van der Waals surface area contributed by atoms with Crippen molar-refractivity contribution in [3.8, 4) is 11.5 Å². The van der Waals surface area contributed by atoms with Gasteiger partial charge in [-0.05, 0) is 36.2 Å². The van der Waals surface area contributed by atoms with Crippen molar-refractivity contribution in [1.29, 1.82) is 0 Å². The molecule has 3 aromatic rings. The molecule has 5 heteroatoms. The van der Waals surface area contributed by atoms with E-state index in [0.29, 0.717) is 24.0 Å². The van der Waals surface area contributed by atoms with E-state index in [9.17, 15) is 0 Å². The maximum Gasteiger partial charge on any atom is 0.162 e. The third-order valence-electron chi connectivity index (χ3n) is 4.24. The highest BCUT2D eigenvalue weighted by Gasteiger charge is 2.12. The first-order valence-electron chi connectivity index (χ1n) is 9.23. The van der Waals surface area contributed by atoms with Gasteiger partial charge in [0.2, 0.25) is 0 Å². The number of benzene rings is 3. The lowest BCUT2D eigenvalue weighted by Crippen LogP contribution is -2.13. The summed E-state index contributed by atoms with van der Waals surface area (Å²) in [6.07, 6.45) is 0. The van der Waals surface area contributed by atoms with Crippen LogP contribution in [0.4, 0.5) is 0 Å². The minimum Gasteiger partial charge on any atom is -0.490 e. The number of halogens is 2. The molecule has 0 fully saturated rings. The number of hydrogen-bond donors (Lipinski definition) is 1. The molecule has 3 nitrogen and oxygen atoms in total. The SMILES string of the molecule is CCOc1cc(CNCc2ccccc2)c(Br)cc1OCc1ccccc1Cl. The zero-order chi connectivity index (χ0) is 19.8. The maximum atomic E-state index is 6.23. The second-order valence-electron chi connectivity index (χ2n) is 6.29. The molecule has 3 aromatic carbocycles. The topological polar surface area (TPSA) is 30.5 Å². The molecular formula is C23H23BrClNO2. The highest BCUT2D eigenvalue weighted by molar-refractivity contribution is 9.10. The molecule has 0 aliphatic carbocycles. The highest BCUT2D eigenvalue weighted by atomic mass is 79.9. The number of ether oxygens (including phenoxy) is 2. The van der Waals surface area contributed by atoms with E-state index in [1.807, 2.05) is 61.5 Å². The average molecular weight is 461 g/mol. The van der Waals surface area contributed by atoms with Crippen LogP contribution >= 0.6 is 27.5 Å². The van der Waals surface area contributed by atoms with Gasteiger partial charge < -0.3 is 14.8 Å². The first-order chi connectivity index (χ1) is 13.7. The van der Waals surface area contributed by atoms with E-state index in [2.05, 4.69) is 33.4 Å². The Bertz CT molecular complexity index is 902. The van der Waals surface area contributed by atoms with Gasteiger partial charge in [0.15, 0.2) is 11.5 Å². The van der Waals surface area contributed by atoms with Crippen molar-refractivity contribution in [3.63, 3.8) is 0 Å². The highest BCUT2D eigenvalue weighted by Crippen LogP contribution is 2.35. The van der Waals surface area contributed by atoms with Crippen LogP contribution in [0.3, 0.4) is 0 Å². The largest absolute Gasteiger partial charge is 0.490 e. The molecular weight excluding hydrogens is 438 g/mol. The van der Waals surface area contributed by atoms with E-state index in [-0.39, 0.29) is 0 Å². The Morgan fingerprint density at radius 2 is 1.57 bits per heavy atom. The van der Waals surface area contributed by atoms with Crippen LogP contribution in [-0.2, 0) is 19.7 Å². The van der Waals surface area contributed by atoms with Crippen molar-refractivity contribution in [2.75, 3.05) is 6.61 Å². The van der Waals surface area contributed by atoms with Crippen molar-refractivity contribution in [3.05, 3.63) is 92.9 Å². The van der Waals surface area contributed by atoms with Gasteiger partial charge in [0.25, 0.3) is 0 Å². The zero-order valence-corrected chi connectivity index (χ0v) is 18.1. The fourth-order valence-corrected chi connectivity index (χ4v) is 3.45. The van der Waals surface area contributed by atoms with Crippen molar-refractivity contribution >= 4 is 27.5 Å². The van der Waals surface area contributed by atoms with E-state index in [0.717, 1.165) is 34.4 Å². The van der Waals surface area contributed by atoms with Crippen LogP contribution in [0.25, 0.3) is 0 Å². The predicted molar refractivity (Wildman–Crippen MR) is 118 cm³/mol. The lowest BCUT2D eigenvalue weighted by molar-refractivity contribution is 0.269. The quantitative estimate of drug-likeness (QED) is 0.402. The van der Waals surface area contributed by atoms with Crippen LogP contribution in [0.2, 0.25) is 5.02 Å². The molecule has 0 aliphatic rings. The smallest absolute Gasteiger partial charge is 0.162 e.